The lowest BCUT2D eigenvalue weighted by Crippen LogP contribution is -2.62. The molecule has 3 saturated carbocycles. The van der Waals surface area contributed by atoms with E-state index in [0.717, 1.165) is 48.5 Å². The summed E-state index contributed by atoms with van der Waals surface area (Å²) in [6, 6.07) is 1.06. The molecule has 0 aromatic heterocycles. The number of Topliss-reactive ketones (excluding diaryl/α,β-unsaturated/α-hetero) is 1. The number of halogens is 1. The molecule has 0 radical (unpaired) electrons. The van der Waals surface area contributed by atoms with E-state index in [1.165, 1.54) is 0 Å². The Morgan fingerprint density at radius 2 is 1.77 bits per heavy atom. The molecular formula is C35H56ClNO6S. The second kappa shape index (κ2) is 14.7. The molecule has 4 rings (SSSR count). The zero-order chi connectivity index (χ0) is 31.7. The average Bonchev–Trinajstić information content (AvgIpc) is 3.19. The molecule has 0 heterocycles. The second-order valence-electron chi connectivity index (χ2n) is 14.6. The zero-order valence-corrected chi connectivity index (χ0v) is 29.5. The third kappa shape index (κ3) is 6.90. The van der Waals surface area contributed by atoms with E-state index in [1.54, 1.807) is 12.2 Å². The van der Waals surface area contributed by atoms with Crippen molar-refractivity contribution in [3.8, 4) is 0 Å². The lowest BCUT2D eigenvalue weighted by atomic mass is 9.45. The Balaban J connectivity index is 0.00000529. The zero-order valence-electron chi connectivity index (χ0n) is 27.9. The van der Waals surface area contributed by atoms with Crippen molar-refractivity contribution in [2.24, 2.45) is 28.6 Å². The Morgan fingerprint density at radius 1 is 1.09 bits per heavy atom. The van der Waals surface area contributed by atoms with Crippen molar-refractivity contribution in [2.75, 3.05) is 24.7 Å². The summed E-state index contributed by atoms with van der Waals surface area (Å²) < 4.78 is 5.39. The number of allylic oxidation sites excluding steroid dienone is 4. The van der Waals surface area contributed by atoms with E-state index in [1.807, 2.05) is 25.6 Å². The van der Waals surface area contributed by atoms with Gasteiger partial charge in [0.1, 0.15) is 5.60 Å². The lowest BCUT2D eigenvalue weighted by molar-refractivity contribution is -0.181. The molecular weight excluding hydrogens is 598 g/mol. The highest BCUT2D eigenvalue weighted by molar-refractivity contribution is 7.99. The van der Waals surface area contributed by atoms with E-state index in [-0.39, 0.29) is 42.4 Å². The second-order valence-corrected chi connectivity index (χ2v) is 15.8. The largest absolute Gasteiger partial charge is 0.458 e. The number of carbonyl (C=O) groups excluding carboxylic acids is 3. The molecule has 3 fully saturated rings. The van der Waals surface area contributed by atoms with Gasteiger partial charge in [-0.2, -0.15) is 11.8 Å². The van der Waals surface area contributed by atoms with Gasteiger partial charge in [-0.1, -0.05) is 25.0 Å². The van der Waals surface area contributed by atoms with Crippen LogP contribution in [-0.2, 0) is 19.1 Å². The monoisotopic (exact) mass is 653 g/mol. The van der Waals surface area contributed by atoms with Crippen LogP contribution in [0.5, 0.6) is 0 Å². The van der Waals surface area contributed by atoms with Crippen molar-refractivity contribution >= 4 is 41.7 Å². The van der Waals surface area contributed by atoms with Crippen LogP contribution in [0, 0.1) is 28.6 Å². The third-order valence-corrected chi connectivity index (χ3v) is 12.8. The van der Waals surface area contributed by atoms with Crippen LogP contribution in [-0.4, -0.2) is 81.1 Å². The highest BCUT2D eigenvalue weighted by Gasteiger charge is 2.68. The van der Waals surface area contributed by atoms with Crippen molar-refractivity contribution in [3.05, 3.63) is 23.3 Å². The molecule has 44 heavy (non-hydrogen) atoms. The first-order valence-electron chi connectivity index (χ1n) is 16.5. The number of ketones is 2. The van der Waals surface area contributed by atoms with E-state index in [2.05, 4.69) is 39.5 Å². The maximum atomic E-state index is 13.5. The molecule has 0 aromatic carbocycles. The van der Waals surface area contributed by atoms with Crippen LogP contribution in [0.15, 0.2) is 23.3 Å². The first-order chi connectivity index (χ1) is 20.2. The molecule has 1 unspecified atom stereocenters. The van der Waals surface area contributed by atoms with Crippen LogP contribution in [0.4, 0.5) is 0 Å². The van der Waals surface area contributed by atoms with Gasteiger partial charge in [0, 0.05) is 47.6 Å². The van der Waals surface area contributed by atoms with Crippen molar-refractivity contribution in [1.29, 1.82) is 0 Å². The van der Waals surface area contributed by atoms with Crippen molar-refractivity contribution < 1.29 is 29.3 Å². The van der Waals surface area contributed by atoms with Crippen LogP contribution in [0.25, 0.3) is 0 Å². The molecule has 2 N–H and O–H groups in total. The molecule has 250 valence electrons. The van der Waals surface area contributed by atoms with Crippen LogP contribution >= 0.6 is 24.2 Å². The summed E-state index contributed by atoms with van der Waals surface area (Å²) in [5.74, 6) is 1.36. The molecule has 0 aliphatic heterocycles. The number of ether oxygens (including phenoxy) is 1. The molecule has 0 saturated heterocycles. The van der Waals surface area contributed by atoms with Crippen LogP contribution in [0.2, 0.25) is 0 Å². The van der Waals surface area contributed by atoms with Gasteiger partial charge >= 0.3 is 5.97 Å². The van der Waals surface area contributed by atoms with Crippen molar-refractivity contribution in [1.82, 2.24) is 4.90 Å². The minimum absolute atomic E-state index is 0. The maximum Gasteiger partial charge on any atom is 0.306 e. The summed E-state index contributed by atoms with van der Waals surface area (Å²) in [4.78, 5) is 40.7. The number of unbranched alkanes of at least 4 members (excludes halogenated alkanes) is 1. The lowest BCUT2D eigenvalue weighted by Gasteiger charge is -2.60. The predicted octanol–water partition coefficient (Wildman–Crippen LogP) is 5.94. The minimum atomic E-state index is -1.63. The summed E-state index contributed by atoms with van der Waals surface area (Å²) in [5, 5.41) is 23.5. The molecule has 0 aromatic rings. The number of aliphatic hydroxyl groups excluding tert-OH is 1. The summed E-state index contributed by atoms with van der Waals surface area (Å²) in [5.41, 5.74) is -0.732. The van der Waals surface area contributed by atoms with Gasteiger partial charge in [-0.25, -0.2) is 0 Å². The van der Waals surface area contributed by atoms with Crippen molar-refractivity contribution in [2.45, 2.75) is 124 Å². The summed E-state index contributed by atoms with van der Waals surface area (Å²) in [7, 11) is 0. The molecule has 4 aliphatic rings. The van der Waals surface area contributed by atoms with E-state index in [4.69, 9.17) is 4.74 Å². The van der Waals surface area contributed by atoms with Gasteiger partial charge in [0.25, 0.3) is 0 Å². The Bertz CT molecular complexity index is 1130. The Labute approximate surface area is 275 Å². The topological polar surface area (TPSA) is 104 Å². The summed E-state index contributed by atoms with van der Waals surface area (Å²) in [6.07, 6.45) is 7.56. The van der Waals surface area contributed by atoms with Crippen molar-refractivity contribution in [3.63, 3.8) is 0 Å². The molecule has 0 amide bonds. The Hall–Kier alpha value is -1.19. The van der Waals surface area contributed by atoms with Gasteiger partial charge in [-0.3, -0.25) is 19.3 Å². The van der Waals surface area contributed by atoms with E-state index in [9.17, 15) is 24.6 Å². The molecule has 9 heteroatoms. The van der Waals surface area contributed by atoms with E-state index in [0.29, 0.717) is 37.8 Å². The fraction of sp³-hybridized carbons (Fsp3) is 0.800. The number of carbonyl (C=O) groups is 3. The van der Waals surface area contributed by atoms with E-state index >= 15 is 0 Å². The fourth-order valence-corrected chi connectivity index (χ4v) is 10.3. The highest BCUT2D eigenvalue weighted by atomic mass is 35.5. The average molecular weight is 654 g/mol. The third-order valence-electron chi connectivity index (χ3n) is 11.7. The SMILES string of the molecule is CC1=CC(=O)C=C2CC[C@@H]3[C@H](C(O)C[C@@]4(C)[C@H]3CC[C@]4(O)C(=O)COC(=O)CCCCSCCN(C(C)C)C(C)C)[C@@]12C.Cl. The Morgan fingerprint density at radius 3 is 2.43 bits per heavy atom. The molecule has 0 bridgehead atoms. The Kier molecular flexibility index (Phi) is 12.5. The number of rotatable bonds is 13. The van der Waals surface area contributed by atoms with E-state index < -0.39 is 40.9 Å². The number of hydrogen-bond donors (Lipinski definition) is 2. The number of aliphatic hydroxyl groups is 2. The minimum Gasteiger partial charge on any atom is -0.458 e. The first-order valence-corrected chi connectivity index (χ1v) is 17.7. The number of hydrogen-bond acceptors (Lipinski definition) is 8. The first kappa shape index (κ1) is 37.3. The number of esters is 1. The van der Waals surface area contributed by atoms with Gasteiger partial charge < -0.3 is 14.9 Å². The van der Waals surface area contributed by atoms with Crippen LogP contribution in [0.1, 0.15) is 99.8 Å². The summed E-state index contributed by atoms with van der Waals surface area (Å²) >= 11 is 1.90. The quantitative estimate of drug-likeness (QED) is 0.186. The fourth-order valence-electron chi connectivity index (χ4n) is 9.34. The number of fused-ring (bicyclic) bond motifs is 5. The number of nitrogens with zero attached hydrogens (tertiary/aromatic N) is 1. The summed E-state index contributed by atoms with van der Waals surface area (Å²) in [6.45, 7) is 15.6. The predicted molar refractivity (Wildman–Crippen MR) is 179 cm³/mol. The standard InChI is InChI=1S/C35H55NO6S.ClH/c1-22(2)36(23(3)4)15-17-43-16-9-8-10-31(40)42-21-30(39)35(41)14-13-28-27-12-11-25-19-26(37)18-24(5)34(25,7)32(27)29(38)20-33(28,35)6;/h18-19,22-23,27-29,32,38,41H,8-17,20-21H2,1-7H3;1H/t27-,28-,29?,32+,33-,34-,35-;/m0./s1. The maximum absolute atomic E-state index is 13.5. The van der Waals surface area contributed by atoms with Gasteiger partial charge in [-0.15, -0.1) is 12.4 Å². The van der Waals surface area contributed by atoms with Gasteiger partial charge in [0.05, 0.1) is 6.10 Å². The molecule has 4 aliphatic carbocycles. The van der Waals surface area contributed by atoms with Crippen LogP contribution < -0.4 is 0 Å². The highest BCUT2D eigenvalue weighted by Crippen LogP contribution is 2.68. The number of thioether (sulfide) groups is 1. The van der Waals surface area contributed by atoms with Gasteiger partial charge in [-0.05, 0) is 109 Å². The molecule has 7 atom stereocenters. The van der Waals surface area contributed by atoms with Gasteiger partial charge in [0.2, 0.25) is 5.78 Å². The smallest absolute Gasteiger partial charge is 0.306 e. The van der Waals surface area contributed by atoms with Gasteiger partial charge in [0.15, 0.2) is 12.4 Å². The van der Waals surface area contributed by atoms with Crippen LogP contribution in [0.3, 0.4) is 0 Å². The normalized spacial score (nSPS) is 34.6. The molecule has 0 spiro atoms. The molecule has 7 nitrogen and oxygen atoms in total.